The number of amides is 1. The Labute approximate surface area is 154 Å². The number of rotatable bonds is 10. The summed E-state index contributed by atoms with van der Waals surface area (Å²) in [6, 6.07) is 6.49. The summed E-state index contributed by atoms with van der Waals surface area (Å²) in [6.07, 6.45) is 3.30. The van der Waals surface area contributed by atoms with E-state index in [1.165, 1.54) is 12.1 Å². The number of hydrogen-bond acceptors (Lipinski definition) is 3. The number of carbonyl (C=O) groups is 1. The Morgan fingerprint density at radius 1 is 1.38 bits per heavy atom. The van der Waals surface area contributed by atoms with Gasteiger partial charge in [-0.25, -0.2) is 9.38 Å². The summed E-state index contributed by atoms with van der Waals surface area (Å²) in [4.78, 5) is 16.1. The average Bonchev–Trinajstić information content (AvgIpc) is 3.40. The van der Waals surface area contributed by atoms with Gasteiger partial charge in [0.1, 0.15) is 17.7 Å². The molecule has 7 heteroatoms. The summed E-state index contributed by atoms with van der Waals surface area (Å²) < 4.78 is 18.8. The number of benzene rings is 1. The molecule has 144 valence electrons. The van der Waals surface area contributed by atoms with Gasteiger partial charge in [-0.15, -0.1) is 0 Å². The zero-order valence-corrected chi connectivity index (χ0v) is 15.6. The molecule has 0 bridgehead atoms. The van der Waals surface area contributed by atoms with E-state index >= 15 is 0 Å². The maximum atomic E-state index is 13.2. The van der Waals surface area contributed by atoms with Crippen molar-refractivity contribution in [1.29, 1.82) is 0 Å². The van der Waals surface area contributed by atoms with Gasteiger partial charge in [0.25, 0.3) is 0 Å². The number of hydrogen-bond donors (Lipinski definition) is 3. The summed E-state index contributed by atoms with van der Waals surface area (Å²) in [5.41, 5.74) is 0. The molecule has 0 spiro atoms. The smallest absolute Gasteiger partial charge is 0.220 e. The number of nitrogens with one attached hydrogen (secondary N) is 3. The molecule has 1 unspecified atom stereocenters. The molecule has 1 aliphatic rings. The van der Waals surface area contributed by atoms with Crippen LogP contribution in [0.15, 0.2) is 29.3 Å². The van der Waals surface area contributed by atoms with Crippen LogP contribution in [0.2, 0.25) is 0 Å². The molecule has 1 aliphatic carbocycles. The zero-order valence-electron chi connectivity index (χ0n) is 15.6. The Morgan fingerprint density at radius 3 is 2.88 bits per heavy atom. The van der Waals surface area contributed by atoms with Crippen LogP contribution in [0.4, 0.5) is 4.39 Å². The second kappa shape index (κ2) is 10.6. The maximum absolute atomic E-state index is 13.2. The van der Waals surface area contributed by atoms with E-state index in [2.05, 4.69) is 20.9 Å². The molecular weight excluding hydrogens is 335 g/mol. The van der Waals surface area contributed by atoms with Gasteiger partial charge in [0.15, 0.2) is 5.96 Å². The molecule has 3 N–H and O–H groups in total. The van der Waals surface area contributed by atoms with Gasteiger partial charge < -0.3 is 20.7 Å². The Kier molecular flexibility index (Phi) is 8.18. The minimum atomic E-state index is -0.320. The first-order valence-electron chi connectivity index (χ1n) is 9.30. The van der Waals surface area contributed by atoms with Crippen LogP contribution >= 0.6 is 0 Å². The van der Waals surface area contributed by atoms with Crippen LogP contribution in [-0.2, 0) is 4.79 Å². The highest BCUT2D eigenvalue weighted by atomic mass is 19.1. The molecule has 0 aromatic heterocycles. The summed E-state index contributed by atoms with van der Waals surface area (Å²) >= 11 is 0. The average molecular weight is 364 g/mol. The number of aliphatic imine (C=N–C) groups is 1. The predicted octanol–water partition coefficient (Wildman–Crippen LogP) is 2.21. The summed E-state index contributed by atoms with van der Waals surface area (Å²) in [7, 11) is 0. The molecule has 2 rings (SSSR count). The Hall–Kier alpha value is -2.31. The van der Waals surface area contributed by atoms with Crippen molar-refractivity contribution < 1.29 is 13.9 Å². The fraction of sp³-hybridized carbons (Fsp3) is 0.579. The van der Waals surface area contributed by atoms with Crippen LogP contribution in [0.25, 0.3) is 0 Å². The lowest BCUT2D eigenvalue weighted by molar-refractivity contribution is -0.121. The number of guanidine groups is 1. The van der Waals surface area contributed by atoms with Gasteiger partial charge in [-0.05, 0) is 45.2 Å². The van der Waals surface area contributed by atoms with Crippen LogP contribution in [-0.4, -0.2) is 43.6 Å². The van der Waals surface area contributed by atoms with E-state index in [-0.39, 0.29) is 17.8 Å². The maximum Gasteiger partial charge on any atom is 0.220 e. The molecule has 1 atom stereocenters. The van der Waals surface area contributed by atoms with Gasteiger partial charge in [-0.3, -0.25) is 4.79 Å². The topological polar surface area (TPSA) is 74.8 Å². The first-order valence-corrected chi connectivity index (χ1v) is 9.30. The van der Waals surface area contributed by atoms with Crippen LogP contribution in [0, 0.1) is 5.82 Å². The van der Waals surface area contributed by atoms with E-state index < -0.39 is 0 Å². The Balaban J connectivity index is 1.69. The molecule has 1 aromatic carbocycles. The van der Waals surface area contributed by atoms with Gasteiger partial charge in [0.2, 0.25) is 5.91 Å². The molecule has 26 heavy (non-hydrogen) atoms. The molecule has 0 radical (unpaired) electrons. The minimum absolute atomic E-state index is 0.119. The SMILES string of the molecule is CCNC(=NCC(C)Oc1cccc(F)c1)NCCCC(=O)NC1CC1. The standard InChI is InChI=1S/C19H29FN4O2/c1-3-21-19(22-11-5-8-18(25)24-16-9-10-16)23-13-14(2)26-17-7-4-6-15(20)12-17/h4,6-7,12,14,16H,3,5,8-11,13H2,1-2H3,(H,24,25)(H2,21,22,23). The van der Waals surface area contributed by atoms with Gasteiger partial charge >= 0.3 is 0 Å². The second-order valence-corrected chi connectivity index (χ2v) is 6.48. The lowest BCUT2D eigenvalue weighted by Gasteiger charge is -2.15. The third-order valence-corrected chi connectivity index (χ3v) is 3.80. The van der Waals surface area contributed by atoms with Crippen molar-refractivity contribution in [3.05, 3.63) is 30.1 Å². The molecular formula is C19H29FN4O2. The largest absolute Gasteiger partial charge is 0.489 e. The Bertz CT molecular complexity index is 605. The first kappa shape index (κ1) is 20.0. The molecule has 1 fully saturated rings. The molecule has 0 heterocycles. The fourth-order valence-corrected chi connectivity index (χ4v) is 2.35. The summed E-state index contributed by atoms with van der Waals surface area (Å²) in [5.74, 6) is 0.976. The molecule has 1 amide bonds. The van der Waals surface area contributed by atoms with Gasteiger partial charge in [0, 0.05) is 31.6 Å². The minimum Gasteiger partial charge on any atom is -0.489 e. The fourth-order valence-electron chi connectivity index (χ4n) is 2.35. The molecule has 0 saturated heterocycles. The lowest BCUT2D eigenvalue weighted by Crippen LogP contribution is -2.39. The van der Waals surface area contributed by atoms with E-state index in [9.17, 15) is 9.18 Å². The van der Waals surface area contributed by atoms with Gasteiger partial charge in [-0.1, -0.05) is 6.07 Å². The third kappa shape index (κ3) is 8.18. The number of halogens is 1. The van der Waals surface area contributed by atoms with Crippen LogP contribution < -0.4 is 20.7 Å². The van der Waals surface area contributed by atoms with Crippen molar-refractivity contribution in [2.24, 2.45) is 4.99 Å². The van der Waals surface area contributed by atoms with Crippen molar-refractivity contribution >= 4 is 11.9 Å². The van der Waals surface area contributed by atoms with Crippen LogP contribution in [0.3, 0.4) is 0 Å². The highest BCUT2D eigenvalue weighted by Gasteiger charge is 2.22. The second-order valence-electron chi connectivity index (χ2n) is 6.48. The van der Waals surface area contributed by atoms with E-state index in [0.717, 1.165) is 25.8 Å². The van der Waals surface area contributed by atoms with Crippen molar-refractivity contribution in [1.82, 2.24) is 16.0 Å². The molecule has 0 aliphatic heterocycles. The van der Waals surface area contributed by atoms with E-state index in [1.807, 2.05) is 13.8 Å². The number of carbonyl (C=O) groups excluding carboxylic acids is 1. The monoisotopic (exact) mass is 364 g/mol. The zero-order chi connectivity index (χ0) is 18.8. The number of ether oxygens (including phenoxy) is 1. The van der Waals surface area contributed by atoms with E-state index in [0.29, 0.717) is 37.3 Å². The van der Waals surface area contributed by atoms with Crippen LogP contribution in [0.5, 0.6) is 5.75 Å². The first-order chi connectivity index (χ1) is 12.6. The van der Waals surface area contributed by atoms with Crippen molar-refractivity contribution in [3.8, 4) is 5.75 Å². The van der Waals surface area contributed by atoms with Gasteiger partial charge in [-0.2, -0.15) is 0 Å². The van der Waals surface area contributed by atoms with Crippen LogP contribution in [0.1, 0.15) is 39.5 Å². The highest BCUT2D eigenvalue weighted by Crippen LogP contribution is 2.18. The predicted molar refractivity (Wildman–Crippen MR) is 101 cm³/mol. The molecule has 1 aromatic rings. The normalized spacial score (nSPS) is 15.3. The Morgan fingerprint density at radius 2 is 2.19 bits per heavy atom. The molecule has 1 saturated carbocycles. The van der Waals surface area contributed by atoms with Crippen molar-refractivity contribution in [2.75, 3.05) is 19.6 Å². The van der Waals surface area contributed by atoms with Crippen molar-refractivity contribution in [2.45, 2.75) is 51.7 Å². The van der Waals surface area contributed by atoms with Gasteiger partial charge in [0.05, 0.1) is 6.54 Å². The van der Waals surface area contributed by atoms with Crippen molar-refractivity contribution in [3.63, 3.8) is 0 Å². The van der Waals surface area contributed by atoms with E-state index in [1.54, 1.807) is 12.1 Å². The highest BCUT2D eigenvalue weighted by molar-refractivity contribution is 5.80. The quantitative estimate of drug-likeness (QED) is 0.338. The number of nitrogens with zero attached hydrogens (tertiary/aromatic N) is 1. The lowest BCUT2D eigenvalue weighted by atomic mass is 10.3. The van der Waals surface area contributed by atoms with E-state index in [4.69, 9.17) is 4.74 Å². The summed E-state index contributed by atoms with van der Waals surface area (Å²) in [5, 5.41) is 9.36. The third-order valence-electron chi connectivity index (χ3n) is 3.80. The molecule has 6 nitrogen and oxygen atoms in total. The summed E-state index contributed by atoms with van der Waals surface area (Å²) in [6.45, 7) is 5.73.